The van der Waals surface area contributed by atoms with E-state index in [2.05, 4.69) is 22.6 Å². The summed E-state index contributed by atoms with van der Waals surface area (Å²) in [5, 5.41) is 9.44. The van der Waals surface area contributed by atoms with E-state index in [9.17, 15) is 5.02 Å². The predicted molar refractivity (Wildman–Crippen MR) is 61.1 cm³/mol. The molecule has 0 spiro atoms. The zero-order valence-corrected chi connectivity index (χ0v) is 9.06. The summed E-state index contributed by atoms with van der Waals surface area (Å²) >= 11 is 2.25. The van der Waals surface area contributed by atoms with Gasteiger partial charge in [0, 0.05) is 3.57 Å². The third kappa shape index (κ3) is 1.95. The third-order valence-corrected chi connectivity index (χ3v) is 2.65. The molecule has 0 saturated carbocycles. The summed E-state index contributed by atoms with van der Waals surface area (Å²) in [5.41, 5.74) is 1.91. The van der Waals surface area contributed by atoms with Crippen LogP contribution in [0.4, 0.5) is 0 Å². The molecule has 0 radical (unpaired) electrons. The van der Waals surface area contributed by atoms with E-state index in [-0.39, 0.29) is 0 Å². The van der Waals surface area contributed by atoms with E-state index in [1.807, 2.05) is 30.3 Å². The largest absolute Gasteiger partial charge is 0.491 e. The second-order valence-electron chi connectivity index (χ2n) is 2.86. The van der Waals surface area contributed by atoms with Crippen LogP contribution in [-0.2, 0) is 4.65 Å². The van der Waals surface area contributed by atoms with Crippen molar-refractivity contribution in [2.45, 2.75) is 0 Å². The van der Waals surface area contributed by atoms with E-state index in [4.69, 9.17) is 4.65 Å². The molecule has 0 atom stereocenters. The van der Waals surface area contributed by atoms with Crippen molar-refractivity contribution in [3.05, 3.63) is 39.5 Å². The van der Waals surface area contributed by atoms with E-state index < -0.39 is 7.12 Å². The molecule has 1 aromatic rings. The molecule has 0 amide bonds. The van der Waals surface area contributed by atoms with Crippen molar-refractivity contribution in [1.29, 1.82) is 0 Å². The van der Waals surface area contributed by atoms with Crippen LogP contribution in [0.3, 0.4) is 0 Å². The fourth-order valence-electron chi connectivity index (χ4n) is 1.35. The Morgan fingerprint density at radius 1 is 1.46 bits per heavy atom. The van der Waals surface area contributed by atoms with Crippen LogP contribution < -0.4 is 0 Å². The summed E-state index contributed by atoms with van der Waals surface area (Å²) in [6.45, 7) is 0.502. The minimum atomic E-state index is -0.752. The maximum Gasteiger partial charge on any atom is 0.491 e. The second-order valence-corrected chi connectivity index (χ2v) is 4.10. The number of hydrogen-bond acceptors (Lipinski definition) is 2. The van der Waals surface area contributed by atoms with Crippen LogP contribution in [-0.4, -0.2) is 18.7 Å². The lowest BCUT2D eigenvalue weighted by molar-refractivity contribution is 0.316. The van der Waals surface area contributed by atoms with Crippen molar-refractivity contribution in [2.24, 2.45) is 0 Å². The van der Waals surface area contributed by atoms with Crippen LogP contribution in [0.25, 0.3) is 5.47 Å². The quantitative estimate of drug-likeness (QED) is 0.629. The number of rotatable bonds is 1. The van der Waals surface area contributed by atoms with Gasteiger partial charge in [-0.1, -0.05) is 18.2 Å². The molecule has 1 aromatic carbocycles. The van der Waals surface area contributed by atoms with Crippen molar-refractivity contribution >= 4 is 35.2 Å². The molecule has 66 valence electrons. The average Bonchev–Trinajstić information content (AvgIpc) is 2.51. The molecule has 0 saturated heterocycles. The summed E-state index contributed by atoms with van der Waals surface area (Å²) in [4.78, 5) is 0. The molecule has 2 nitrogen and oxygen atoms in total. The Morgan fingerprint density at radius 3 is 2.92 bits per heavy atom. The topological polar surface area (TPSA) is 29.5 Å². The van der Waals surface area contributed by atoms with Gasteiger partial charge in [-0.25, -0.2) is 0 Å². The first-order valence-corrected chi connectivity index (χ1v) is 5.11. The predicted octanol–water partition coefficient (Wildman–Crippen LogP) is 1.72. The highest BCUT2D eigenvalue weighted by atomic mass is 127. The SMILES string of the molecule is OB1OCC=C1c1cccc(I)c1. The fraction of sp³-hybridized carbons (Fsp3) is 0.111. The smallest absolute Gasteiger partial charge is 0.423 e. The third-order valence-electron chi connectivity index (χ3n) is 1.98. The van der Waals surface area contributed by atoms with Gasteiger partial charge in [-0.05, 0) is 45.8 Å². The average molecular weight is 286 g/mol. The lowest BCUT2D eigenvalue weighted by atomic mass is 9.76. The first-order valence-electron chi connectivity index (χ1n) is 4.03. The van der Waals surface area contributed by atoms with E-state index >= 15 is 0 Å². The lowest BCUT2D eigenvalue weighted by Gasteiger charge is -2.03. The Balaban J connectivity index is 2.35. The molecular weight excluding hydrogens is 278 g/mol. The number of benzene rings is 1. The highest BCUT2D eigenvalue weighted by molar-refractivity contribution is 14.1. The van der Waals surface area contributed by atoms with Crippen molar-refractivity contribution in [2.75, 3.05) is 6.61 Å². The van der Waals surface area contributed by atoms with Gasteiger partial charge >= 0.3 is 7.12 Å². The van der Waals surface area contributed by atoms with Gasteiger partial charge in [-0.2, -0.15) is 0 Å². The maximum atomic E-state index is 9.44. The summed E-state index contributed by atoms with van der Waals surface area (Å²) in [6, 6.07) is 8.01. The number of halogens is 1. The molecule has 13 heavy (non-hydrogen) atoms. The second kappa shape index (κ2) is 3.81. The van der Waals surface area contributed by atoms with Gasteiger partial charge in [-0.3, -0.25) is 0 Å². The monoisotopic (exact) mass is 286 g/mol. The van der Waals surface area contributed by atoms with Crippen molar-refractivity contribution < 1.29 is 9.68 Å². The normalized spacial score (nSPS) is 16.2. The van der Waals surface area contributed by atoms with E-state index in [0.29, 0.717) is 6.61 Å². The van der Waals surface area contributed by atoms with Crippen LogP contribution in [0, 0.1) is 3.57 Å². The van der Waals surface area contributed by atoms with E-state index in [0.717, 1.165) is 14.6 Å². The standard InChI is InChI=1S/C9H8BIO2/c11-8-3-1-2-7(6-8)9-4-5-13-10(9)12/h1-4,6,12H,5H2. The van der Waals surface area contributed by atoms with Gasteiger partial charge in [0.25, 0.3) is 0 Å². The highest BCUT2D eigenvalue weighted by Crippen LogP contribution is 2.22. The molecule has 4 heteroatoms. The van der Waals surface area contributed by atoms with Crippen molar-refractivity contribution in [3.63, 3.8) is 0 Å². The van der Waals surface area contributed by atoms with Crippen LogP contribution >= 0.6 is 22.6 Å². The van der Waals surface area contributed by atoms with Crippen molar-refractivity contribution in [1.82, 2.24) is 0 Å². The van der Waals surface area contributed by atoms with Crippen molar-refractivity contribution in [3.8, 4) is 0 Å². The van der Waals surface area contributed by atoms with Gasteiger partial charge < -0.3 is 9.68 Å². The van der Waals surface area contributed by atoms with Gasteiger partial charge in [0.15, 0.2) is 0 Å². The molecular formula is C9H8BIO2. The number of hydrogen-bond donors (Lipinski definition) is 1. The Labute approximate surface area is 90.9 Å². The molecule has 1 heterocycles. The van der Waals surface area contributed by atoms with Gasteiger partial charge in [-0.15, -0.1) is 0 Å². The minimum absolute atomic E-state index is 0.502. The Bertz CT molecular complexity index is 351. The summed E-state index contributed by atoms with van der Waals surface area (Å²) in [6.07, 6.45) is 1.91. The lowest BCUT2D eigenvalue weighted by Crippen LogP contribution is -2.14. The zero-order valence-electron chi connectivity index (χ0n) is 6.90. The van der Waals surface area contributed by atoms with Crippen LogP contribution in [0.15, 0.2) is 30.3 Å². The summed E-state index contributed by atoms with van der Waals surface area (Å²) < 4.78 is 6.18. The first kappa shape index (κ1) is 9.24. The summed E-state index contributed by atoms with van der Waals surface area (Å²) in [7, 11) is -0.752. The van der Waals surface area contributed by atoms with Gasteiger partial charge in [0.05, 0.1) is 6.61 Å². The van der Waals surface area contributed by atoms with Crippen LogP contribution in [0.5, 0.6) is 0 Å². The molecule has 1 aliphatic heterocycles. The minimum Gasteiger partial charge on any atom is -0.423 e. The fourth-order valence-corrected chi connectivity index (χ4v) is 1.89. The van der Waals surface area contributed by atoms with E-state index in [1.165, 1.54) is 0 Å². The van der Waals surface area contributed by atoms with Crippen LogP contribution in [0.1, 0.15) is 5.56 Å². The Hall–Kier alpha value is -0.325. The Kier molecular flexibility index (Phi) is 2.71. The molecule has 2 rings (SSSR count). The van der Waals surface area contributed by atoms with Gasteiger partial charge in [0.1, 0.15) is 0 Å². The Morgan fingerprint density at radius 2 is 2.31 bits per heavy atom. The molecule has 1 aliphatic rings. The summed E-state index contributed by atoms with van der Waals surface area (Å²) in [5.74, 6) is 0. The molecule has 0 aliphatic carbocycles. The molecule has 0 aromatic heterocycles. The molecule has 0 fully saturated rings. The molecule has 0 bridgehead atoms. The van der Waals surface area contributed by atoms with Crippen LogP contribution in [0.2, 0.25) is 0 Å². The van der Waals surface area contributed by atoms with Gasteiger partial charge in [0.2, 0.25) is 0 Å². The highest BCUT2D eigenvalue weighted by Gasteiger charge is 2.25. The maximum absolute atomic E-state index is 9.44. The first-order chi connectivity index (χ1) is 6.27. The van der Waals surface area contributed by atoms with E-state index in [1.54, 1.807) is 0 Å². The zero-order chi connectivity index (χ0) is 9.26. The molecule has 0 unspecified atom stereocenters. The molecule has 1 N–H and O–H groups in total.